The van der Waals surface area contributed by atoms with Gasteiger partial charge in [-0.15, -0.1) is 5.10 Å². The molecule has 2 aromatic rings. The maximum atomic E-state index is 12.3. The molecule has 2 N–H and O–H groups in total. The van der Waals surface area contributed by atoms with E-state index in [1.54, 1.807) is 26.2 Å². The number of aromatic nitrogens is 3. The lowest BCUT2D eigenvalue weighted by Gasteiger charge is -2.14. The Morgan fingerprint density at radius 2 is 2.22 bits per heavy atom. The minimum Gasteiger partial charge on any atom is -0.495 e. The molecule has 0 aliphatic carbocycles. The number of hydrogen-bond donors (Lipinski definition) is 2. The summed E-state index contributed by atoms with van der Waals surface area (Å²) in [5, 5.41) is 9.33. The number of nitrogens with zero attached hydrogens (tertiary/aromatic N) is 2. The Bertz CT molecular complexity index is 726. The van der Waals surface area contributed by atoms with Crippen molar-refractivity contribution in [1.29, 1.82) is 0 Å². The molecule has 8 heteroatoms. The SMILES string of the molecule is CCCn1c(S[C@@H](C)C(=O)Nc2ccccc2OC)n[nH]c1=O. The van der Waals surface area contributed by atoms with E-state index in [1.807, 2.05) is 19.1 Å². The third-order valence-corrected chi connectivity index (χ3v) is 4.28. The average molecular weight is 336 g/mol. The minimum absolute atomic E-state index is 0.182. The van der Waals surface area contributed by atoms with Crippen LogP contribution in [0.4, 0.5) is 5.69 Å². The molecule has 0 saturated heterocycles. The summed E-state index contributed by atoms with van der Waals surface area (Å²) in [6.07, 6.45) is 0.814. The quantitative estimate of drug-likeness (QED) is 0.756. The maximum Gasteiger partial charge on any atom is 0.343 e. The molecule has 2 rings (SSSR count). The number of H-pyrrole nitrogens is 1. The Morgan fingerprint density at radius 1 is 1.48 bits per heavy atom. The molecular weight excluding hydrogens is 316 g/mol. The molecule has 0 radical (unpaired) electrons. The summed E-state index contributed by atoms with van der Waals surface area (Å²) in [6, 6.07) is 7.21. The predicted octanol–water partition coefficient (Wildman–Crippen LogP) is 2.11. The summed E-state index contributed by atoms with van der Waals surface area (Å²) >= 11 is 1.24. The number of nitrogens with one attached hydrogen (secondary N) is 2. The van der Waals surface area contributed by atoms with Crippen molar-refractivity contribution in [2.45, 2.75) is 37.2 Å². The number of thioether (sulfide) groups is 1. The van der Waals surface area contributed by atoms with Crippen LogP contribution >= 0.6 is 11.8 Å². The van der Waals surface area contributed by atoms with E-state index < -0.39 is 5.25 Å². The number of ether oxygens (including phenoxy) is 1. The van der Waals surface area contributed by atoms with Crippen molar-refractivity contribution < 1.29 is 9.53 Å². The molecule has 0 aliphatic heterocycles. The van der Waals surface area contributed by atoms with Gasteiger partial charge in [0.25, 0.3) is 0 Å². The van der Waals surface area contributed by atoms with Crippen molar-refractivity contribution >= 4 is 23.4 Å². The second kappa shape index (κ2) is 7.87. The van der Waals surface area contributed by atoms with Crippen LogP contribution in [0.5, 0.6) is 5.75 Å². The van der Waals surface area contributed by atoms with Gasteiger partial charge < -0.3 is 10.1 Å². The molecule has 7 nitrogen and oxygen atoms in total. The van der Waals surface area contributed by atoms with E-state index in [1.165, 1.54) is 16.3 Å². The number of aromatic amines is 1. The first-order valence-electron chi connectivity index (χ1n) is 7.32. The van der Waals surface area contributed by atoms with Crippen molar-refractivity contribution in [3.8, 4) is 5.75 Å². The fraction of sp³-hybridized carbons (Fsp3) is 0.400. The minimum atomic E-state index is -0.411. The van der Waals surface area contributed by atoms with Crippen LogP contribution in [0.2, 0.25) is 0 Å². The van der Waals surface area contributed by atoms with Gasteiger partial charge in [0.05, 0.1) is 18.0 Å². The Morgan fingerprint density at radius 3 is 2.91 bits per heavy atom. The lowest BCUT2D eigenvalue weighted by Crippen LogP contribution is -2.24. The highest BCUT2D eigenvalue weighted by Crippen LogP contribution is 2.26. The largest absolute Gasteiger partial charge is 0.495 e. The van der Waals surface area contributed by atoms with Gasteiger partial charge in [-0.25, -0.2) is 9.89 Å². The Balaban J connectivity index is 2.07. The molecule has 23 heavy (non-hydrogen) atoms. The molecule has 0 unspecified atom stereocenters. The first kappa shape index (κ1) is 17.1. The van der Waals surface area contributed by atoms with Crippen LogP contribution in [0.3, 0.4) is 0 Å². The zero-order valence-electron chi connectivity index (χ0n) is 13.3. The molecule has 0 aliphatic rings. The fourth-order valence-electron chi connectivity index (χ4n) is 2.01. The molecule has 1 atom stereocenters. The Kier molecular flexibility index (Phi) is 5.86. The topological polar surface area (TPSA) is 89.0 Å². The number of rotatable bonds is 7. The number of carbonyl (C=O) groups excluding carboxylic acids is 1. The summed E-state index contributed by atoms with van der Waals surface area (Å²) < 4.78 is 6.75. The van der Waals surface area contributed by atoms with Gasteiger partial charge in [0.1, 0.15) is 5.75 Å². The molecule has 0 fully saturated rings. The summed E-state index contributed by atoms with van der Waals surface area (Å²) in [6.45, 7) is 4.31. The molecule has 124 valence electrons. The highest BCUT2D eigenvalue weighted by molar-refractivity contribution is 8.00. The van der Waals surface area contributed by atoms with E-state index in [9.17, 15) is 9.59 Å². The van der Waals surface area contributed by atoms with Gasteiger partial charge in [-0.3, -0.25) is 9.36 Å². The summed E-state index contributed by atoms with van der Waals surface area (Å²) in [4.78, 5) is 24.0. The van der Waals surface area contributed by atoms with Crippen molar-refractivity contribution in [3.63, 3.8) is 0 Å². The van der Waals surface area contributed by atoms with Gasteiger partial charge in [0.2, 0.25) is 5.91 Å². The van der Waals surface area contributed by atoms with E-state index in [-0.39, 0.29) is 11.6 Å². The fourth-order valence-corrected chi connectivity index (χ4v) is 2.89. The van der Waals surface area contributed by atoms with Crippen LogP contribution in [-0.2, 0) is 11.3 Å². The number of carbonyl (C=O) groups is 1. The van der Waals surface area contributed by atoms with Crippen LogP contribution in [0.1, 0.15) is 20.3 Å². The predicted molar refractivity (Wildman–Crippen MR) is 90.1 cm³/mol. The lowest BCUT2D eigenvalue weighted by molar-refractivity contribution is -0.115. The molecule has 0 saturated carbocycles. The lowest BCUT2D eigenvalue weighted by atomic mass is 10.3. The average Bonchev–Trinajstić information content (AvgIpc) is 2.89. The molecule has 1 heterocycles. The number of anilines is 1. The molecule has 1 aromatic heterocycles. The third kappa shape index (κ3) is 4.16. The molecular formula is C15H20N4O3S. The Hall–Kier alpha value is -2.22. The van der Waals surface area contributed by atoms with Crippen LogP contribution in [0.25, 0.3) is 0 Å². The van der Waals surface area contributed by atoms with Gasteiger partial charge in [-0.05, 0) is 25.5 Å². The maximum absolute atomic E-state index is 12.3. The Labute approximate surface area is 138 Å². The van der Waals surface area contributed by atoms with Gasteiger partial charge in [-0.1, -0.05) is 30.8 Å². The van der Waals surface area contributed by atoms with E-state index in [0.717, 1.165) is 6.42 Å². The van der Waals surface area contributed by atoms with Gasteiger partial charge in [0.15, 0.2) is 5.16 Å². The van der Waals surface area contributed by atoms with Crippen LogP contribution in [-0.4, -0.2) is 33.0 Å². The summed E-state index contributed by atoms with van der Waals surface area (Å²) in [5.41, 5.74) is 0.354. The molecule has 0 spiro atoms. The zero-order chi connectivity index (χ0) is 16.8. The monoisotopic (exact) mass is 336 g/mol. The highest BCUT2D eigenvalue weighted by Gasteiger charge is 2.19. The van der Waals surface area contributed by atoms with Crippen molar-refractivity contribution in [3.05, 3.63) is 34.7 Å². The van der Waals surface area contributed by atoms with Gasteiger partial charge >= 0.3 is 5.69 Å². The van der Waals surface area contributed by atoms with Crippen LogP contribution < -0.4 is 15.7 Å². The first-order chi connectivity index (χ1) is 11.1. The van der Waals surface area contributed by atoms with Crippen molar-refractivity contribution in [2.75, 3.05) is 12.4 Å². The number of methoxy groups -OCH3 is 1. The van der Waals surface area contributed by atoms with E-state index in [4.69, 9.17) is 4.74 Å². The first-order valence-corrected chi connectivity index (χ1v) is 8.20. The van der Waals surface area contributed by atoms with E-state index in [0.29, 0.717) is 23.1 Å². The van der Waals surface area contributed by atoms with Gasteiger partial charge in [0, 0.05) is 6.54 Å². The standard InChI is InChI=1S/C15H20N4O3S/c1-4-9-19-14(21)17-18-15(19)23-10(2)13(20)16-11-7-5-6-8-12(11)22-3/h5-8,10H,4,9H2,1-3H3,(H,16,20)(H,17,21)/t10-/m0/s1. The summed E-state index contributed by atoms with van der Waals surface area (Å²) in [7, 11) is 1.55. The number of hydrogen-bond acceptors (Lipinski definition) is 5. The van der Waals surface area contributed by atoms with Crippen molar-refractivity contribution in [2.24, 2.45) is 0 Å². The van der Waals surface area contributed by atoms with Gasteiger partial charge in [-0.2, -0.15) is 0 Å². The van der Waals surface area contributed by atoms with E-state index in [2.05, 4.69) is 15.5 Å². The number of benzene rings is 1. The molecule has 0 bridgehead atoms. The van der Waals surface area contributed by atoms with Crippen molar-refractivity contribution in [1.82, 2.24) is 14.8 Å². The highest BCUT2D eigenvalue weighted by atomic mass is 32.2. The second-order valence-electron chi connectivity index (χ2n) is 4.91. The smallest absolute Gasteiger partial charge is 0.343 e. The third-order valence-electron chi connectivity index (χ3n) is 3.19. The zero-order valence-corrected chi connectivity index (χ0v) is 14.1. The molecule has 1 aromatic carbocycles. The summed E-state index contributed by atoms with van der Waals surface area (Å²) in [5.74, 6) is 0.415. The number of para-hydroxylation sites is 2. The van der Waals surface area contributed by atoms with Crippen LogP contribution in [0.15, 0.2) is 34.2 Å². The number of amides is 1. The second-order valence-corrected chi connectivity index (χ2v) is 6.22. The molecule has 1 amide bonds. The van der Waals surface area contributed by atoms with E-state index >= 15 is 0 Å². The normalized spacial score (nSPS) is 12.0. The van der Waals surface area contributed by atoms with Crippen LogP contribution in [0, 0.1) is 0 Å².